The van der Waals surface area contributed by atoms with Crippen LogP contribution >= 0.6 is 35.6 Å². The number of amides is 1. The quantitative estimate of drug-likeness (QED) is 0.195. The molecule has 0 saturated carbocycles. The van der Waals surface area contributed by atoms with Crippen molar-refractivity contribution in [3.05, 3.63) is 47.7 Å². The zero-order chi connectivity index (χ0) is 19.3. The number of anilines is 1. The lowest BCUT2D eigenvalue weighted by molar-refractivity contribution is -0.116. The van der Waals surface area contributed by atoms with Crippen LogP contribution in [0.3, 0.4) is 0 Å². The lowest BCUT2D eigenvalue weighted by atomic mass is 10.2. The first-order valence-electron chi connectivity index (χ1n) is 9.22. The van der Waals surface area contributed by atoms with E-state index in [0.717, 1.165) is 37.6 Å². The van der Waals surface area contributed by atoms with E-state index in [1.54, 1.807) is 30.5 Å². The summed E-state index contributed by atoms with van der Waals surface area (Å²) < 4.78 is 1.90. The van der Waals surface area contributed by atoms with Gasteiger partial charge >= 0.3 is 0 Å². The van der Waals surface area contributed by atoms with Crippen molar-refractivity contribution in [1.29, 1.82) is 0 Å². The summed E-state index contributed by atoms with van der Waals surface area (Å²) in [6, 6.07) is 9.00. The summed E-state index contributed by atoms with van der Waals surface area (Å²) in [7, 11) is 0. The van der Waals surface area contributed by atoms with Crippen molar-refractivity contribution in [1.82, 2.24) is 20.4 Å². The van der Waals surface area contributed by atoms with Gasteiger partial charge in [0, 0.05) is 55.7 Å². The number of aromatic nitrogens is 2. The standard InChI is InChI=1S/C19H27ClN6O.HI/c1-2-21-19(23-12-4-14-26-15-5-13-24-26)22-11-3-6-18(27)25-17-9-7-16(20)8-10-17;/h5,7-10,13,15H,2-4,6,11-12,14H2,1H3,(H,25,27)(H2,21,22,23);1H. The molecule has 7 nitrogen and oxygen atoms in total. The second kappa shape index (κ2) is 14.2. The van der Waals surface area contributed by atoms with Crippen LogP contribution in [0.5, 0.6) is 0 Å². The third-order valence-electron chi connectivity index (χ3n) is 3.72. The lowest BCUT2D eigenvalue weighted by Gasteiger charge is -2.11. The number of hydrogen-bond donors (Lipinski definition) is 3. The molecular weight excluding hydrogens is 491 g/mol. The van der Waals surface area contributed by atoms with Gasteiger partial charge in [0.25, 0.3) is 0 Å². The van der Waals surface area contributed by atoms with E-state index in [-0.39, 0.29) is 29.9 Å². The number of hydrogen-bond acceptors (Lipinski definition) is 3. The molecule has 1 amide bonds. The Labute approximate surface area is 188 Å². The molecular formula is C19H28ClIN6O. The number of aliphatic imine (C=N–C) groups is 1. The monoisotopic (exact) mass is 518 g/mol. The Morgan fingerprint density at radius 3 is 2.68 bits per heavy atom. The molecule has 0 fully saturated rings. The van der Waals surface area contributed by atoms with E-state index >= 15 is 0 Å². The molecule has 1 aromatic carbocycles. The van der Waals surface area contributed by atoms with Crippen molar-refractivity contribution >= 4 is 53.1 Å². The van der Waals surface area contributed by atoms with Gasteiger partial charge in [-0.05, 0) is 50.1 Å². The van der Waals surface area contributed by atoms with Gasteiger partial charge in [-0.3, -0.25) is 14.5 Å². The van der Waals surface area contributed by atoms with E-state index in [9.17, 15) is 4.79 Å². The molecule has 0 spiro atoms. The fraction of sp³-hybridized carbons (Fsp3) is 0.421. The number of halogens is 2. The van der Waals surface area contributed by atoms with E-state index in [0.29, 0.717) is 24.5 Å². The van der Waals surface area contributed by atoms with Crippen LogP contribution in [0, 0.1) is 0 Å². The van der Waals surface area contributed by atoms with Crippen LogP contribution in [0.2, 0.25) is 5.02 Å². The SMILES string of the molecule is CCNC(=NCCCn1cccn1)NCCCC(=O)Nc1ccc(Cl)cc1.I. The predicted molar refractivity (Wildman–Crippen MR) is 126 cm³/mol. The molecule has 3 N–H and O–H groups in total. The van der Waals surface area contributed by atoms with Crippen LogP contribution in [0.15, 0.2) is 47.7 Å². The van der Waals surface area contributed by atoms with Crippen molar-refractivity contribution < 1.29 is 4.79 Å². The number of nitrogens with zero attached hydrogens (tertiary/aromatic N) is 3. The fourth-order valence-electron chi connectivity index (χ4n) is 2.41. The topological polar surface area (TPSA) is 83.3 Å². The van der Waals surface area contributed by atoms with Crippen LogP contribution in [-0.2, 0) is 11.3 Å². The van der Waals surface area contributed by atoms with E-state index < -0.39 is 0 Å². The van der Waals surface area contributed by atoms with Gasteiger partial charge < -0.3 is 16.0 Å². The highest BCUT2D eigenvalue weighted by molar-refractivity contribution is 14.0. The number of nitrogens with one attached hydrogen (secondary N) is 3. The normalized spacial score (nSPS) is 10.9. The maximum atomic E-state index is 12.0. The maximum Gasteiger partial charge on any atom is 0.224 e. The second-order valence-electron chi connectivity index (χ2n) is 5.97. The van der Waals surface area contributed by atoms with E-state index in [1.165, 1.54) is 0 Å². The average molecular weight is 519 g/mol. The smallest absolute Gasteiger partial charge is 0.224 e. The molecule has 2 rings (SSSR count). The Kier molecular flexibility index (Phi) is 12.3. The van der Waals surface area contributed by atoms with Crippen molar-refractivity contribution in [3.63, 3.8) is 0 Å². The van der Waals surface area contributed by atoms with E-state index in [4.69, 9.17) is 11.6 Å². The lowest BCUT2D eigenvalue weighted by Crippen LogP contribution is -2.38. The number of benzene rings is 1. The Morgan fingerprint density at radius 1 is 1.21 bits per heavy atom. The Bertz CT molecular complexity index is 706. The van der Waals surface area contributed by atoms with Crippen LogP contribution in [0.4, 0.5) is 5.69 Å². The van der Waals surface area contributed by atoms with Crippen molar-refractivity contribution in [2.45, 2.75) is 32.7 Å². The molecule has 2 aromatic rings. The van der Waals surface area contributed by atoms with Gasteiger partial charge in [0.1, 0.15) is 0 Å². The first-order chi connectivity index (χ1) is 13.2. The maximum absolute atomic E-state index is 12.0. The van der Waals surface area contributed by atoms with Gasteiger partial charge in [-0.15, -0.1) is 24.0 Å². The Hall–Kier alpha value is -1.81. The summed E-state index contributed by atoms with van der Waals surface area (Å²) in [6.45, 7) is 5.06. The zero-order valence-electron chi connectivity index (χ0n) is 16.0. The number of carbonyl (C=O) groups is 1. The second-order valence-corrected chi connectivity index (χ2v) is 6.41. The Morgan fingerprint density at radius 2 is 2.00 bits per heavy atom. The molecule has 1 aromatic heterocycles. The third kappa shape index (κ3) is 9.93. The van der Waals surface area contributed by atoms with Crippen molar-refractivity contribution in [2.75, 3.05) is 25.0 Å². The highest BCUT2D eigenvalue weighted by atomic mass is 127. The molecule has 28 heavy (non-hydrogen) atoms. The molecule has 0 aliphatic heterocycles. The first-order valence-corrected chi connectivity index (χ1v) is 9.60. The van der Waals surface area contributed by atoms with Crippen LogP contribution in [0.1, 0.15) is 26.2 Å². The number of carbonyl (C=O) groups excluding carboxylic acids is 1. The van der Waals surface area contributed by atoms with E-state index in [1.807, 2.05) is 23.9 Å². The highest BCUT2D eigenvalue weighted by Gasteiger charge is 2.03. The van der Waals surface area contributed by atoms with Gasteiger partial charge in [0.2, 0.25) is 5.91 Å². The molecule has 9 heteroatoms. The fourth-order valence-corrected chi connectivity index (χ4v) is 2.54. The van der Waals surface area contributed by atoms with Gasteiger partial charge in [-0.2, -0.15) is 5.10 Å². The van der Waals surface area contributed by atoms with Gasteiger partial charge in [0.15, 0.2) is 5.96 Å². The Balaban J connectivity index is 0.00000392. The largest absolute Gasteiger partial charge is 0.357 e. The van der Waals surface area contributed by atoms with Crippen molar-refractivity contribution in [2.24, 2.45) is 4.99 Å². The average Bonchev–Trinajstić information content (AvgIpc) is 3.17. The minimum absolute atomic E-state index is 0. The number of aryl methyl sites for hydroxylation is 1. The van der Waals surface area contributed by atoms with Gasteiger partial charge in [-0.25, -0.2) is 0 Å². The summed E-state index contributed by atoms with van der Waals surface area (Å²) in [5, 5.41) is 14.2. The minimum Gasteiger partial charge on any atom is -0.357 e. The molecule has 0 aliphatic rings. The number of rotatable bonds is 10. The number of guanidine groups is 1. The van der Waals surface area contributed by atoms with Crippen molar-refractivity contribution in [3.8, 4) is 0 Å². The summed E-state index contributed by atoms with van der Waals surface area (Å²) in [5.41, 5.74) is 0.754. The molecule has 0 aliphatic carbocycles. The van der Waals surface area contributed by atoms with Crippen LogP contribution < -0.4 is 16.0 Å². The molecule has 0 unspecified atom stereocenters. The van der Waals surface area contributed by atoms with Crippen LogP contribution in [-0.4, -0.2) is 41.3 Å². The molecule has 0 bridgehead atoms. The van der Waals surface area contributed by atoms with Gasteiger partial charge in [-0.1, -0.05) is 11.6 Å². The predicted octanol–water partition coefficient (Wildman–Crippen LogP) is 3.52. The highest BCUT2D eigenvalue weighted by Crippen LogP contribution is 2.13. The van der Waals surface area contributed by atoms with E-state index in [2.05, 4.69) is 26.0 Å². The summed E-state index contributed by atoms with van der Waals surface area (Å²) in [5.74, 6) is 0.761. The molecule has 0 saturated heterocycles. The van der Waals surface area contributed by atoms with Crippen LogP contribution in [0.25, 0.3) is 0 Å². The molecule has 0 radical (unpaired) electrons. The zero-order valence-corrected chi connectivity index (χ0v) is 19.1. The molecule has 0 atom stereocenters. The summed E-state index contributed by atoms with van der Waals surface area (Å²) in [6.07, 6.45) is 5.80. The molecule has 154 valence electrons. The third-order valence-corrected chi connectivity index (χ3v) is 3.97. The summed E-state index contributed by atoms with van der Waals surface area (Å²) in [4.78, 5) is 16.5. The minimum atomic E-state index is -0.0136. The summed E-state index contributed by atoms with van der Waals surface area (Å²) >= 11 is 5.83. The first kappa shape index (κ1) is 24.2. The molecule has 1 heterocycles. The van der Waals surface area contributed by atoms with Gasteiger partial charge in [0.05, 0.1) is 0 Å².